The van der Waals surface area contributed by atoms with Crippen molar-refractivity contribution in [3.8, 4) is 0 Å². The maximum absolute atomic E-state index is 13.5. The van der Waals surface area contributed by atoms with Crippen LogP contribution in [0.15, 0.2) is 24.3 Å². The lowest BCUT2D eigenvalue weighted by Crippen LogP contribution is -2.47. The second kappa shape index (κ2) is 6.27. The molecule has 0 aliphatic carbocycles. The number of benzene rings is 1. The van der Waals surface area contributed by atoms with Crippen LogP contribution in [0.3, 0.4) is 0 Å². The van der Waals surface area contributed by atoms with Crippen LogP contribution in [0.25, 0.3) is 0 Å². The van der Waals surface area contributed by atoms with Gasteiger partial charge in [0.25, 0.3) is 0 Å². The van der Waals surface area contributed by atoms with Crippen LogP contribution in [0, 0.1) is 5.82 Å². The molecule has 0 radical (unpaired) electrons. The first-order valence-electron chi connectivity index (χ1n) is 6.51. The van der Waals surface area contributed by atoms with Gasteiger partial charge in [0.2, 0.25) is 0 Å². The predicted octanol–water partition coefficient (Wildman–Crippen LogP) is 1.32. The van der Waals surface area contributed by atoms with E-state index in [0.717, 1.165) is 38.3 Å². The number of halogens is 1. The summed E-state index contributed by atoms with van der Waals surface area (Å²) in [5.41, 5.74) is 0.765. The fourth-order valence-electron chi connectivity index (χ4n) is 2.37. The van der Waals surface area contributed by atoms with Crippen molar-refractivity contribution in [3.63, 3.8) is 0 Å². The minimum Gasteiger partial charge on any atom is -0.392 e. The summed E-state index contributed by atoms with van der Waals surface area (Å²) in [6.07, 6.45) is -0.275. The molecule has 1 aromatic rings. The average Bonchev–Trinajstić information content (AvgIpc) is 2.34. The average molecular weight is 252 g/mol. The molecule has 1 aliphatic heterocycles. The molecule has 1 unspecified atom stereocenters. The summed E-state index contributed by atoms with van der Waals surface area (Å²) >= 11 is 0. The topological polar surface area (TPSA) is 26.7 Å². The monoisotopic (exact) mass is 252 g/mol. The second-order valence-electron chi connectivity index (χ2n) is 5.02. The van der Waals surface area contributed by atoms with E-state index < -0.39 is 0 Å². The van der Waals surface area contributed by atoms with Gasteiger partial charge in [-0.25, -0.2) is 4.39 Å². The van der Waals surface area contributed by atoms with Gasteiger partial charge in [0.05, 0.1) is 6.10 Å². The molecule has 4 heteroatoms. The zero-order chi connectivity index (χ0) is 13.0. The Balaban J connectivity index is 1.82. The first-order valence-corrected chi connectivity index (χ1v) is 6.51. The number of aliphatic hydroxyl groups excluding tert-OH is 1. The van der Waals surface area contributed by atoms with E-state index in [1.165, 1.54) is 6.07 Å². The van der Waals surface area contributed by atoms with E-state index in [1.807, 2.05) is 19.1 Å². The van der Waals surface area contributed by atoms with Gasteiger partial charge in [-0.3, -0.25) is 9.80 Å². The molecule has 2 rings (SSSR count). The lowest BCUT2D eigenvalue weighted by molar-refractivity contribution is 0.0777. The SMILES string of the molecule is CC(O)CN1CCN(Cc2ccccc2F)CC1. The summed E-state index contributed by atoms with van der Waals surface area (Å²) in [6.45, 7) is 6.97. The Morgan fingerprint density at radius 2 is 1.78 bits per heavy atom. The van der Waals surface area contributed by atoms with Gasteiger partial charge in [-0.1, -0.05) is 18.2 Å². The van der Waals surface area contributed by atoms with Gasteiger partial charge in [-0.15, -0.1) is 0 Å². The van der Waals surface area contributed by atoms with Crippen LogP contribution in [-0.4, -0.2) is 53.7 Å². The Labute approximate surface area is 108 Å². The maximum atomic E-state index is 13.5. The Morgan fingerprint density at radius 3 is 2.39 bits per heavy atom. The van der Waals surface area contributed by atoms with Gasteiger partial charge in [0, 0.05) is 44.8 Å². The quantitative estimate of drug-likeness (QED) is 0.875. The molecule has 0 aromatic heterocycles. The normalized spacial score (nSPS) is 19.9. The van der Waals surface area contributed by atoms with Gasteiger partial charge < -0.3 is 5.11 Å². The largest absolute Gasteiger partial charge is 0.392 e. The third kappa shape index (κ3) is 3.77. The highest BCUT2D eigenvalue weighted by atomic mass is 19.1. The van der Waals surface area contributed by atoms with Gasteiger partial charge in [0.1, 0.15) is 5.82 Å². The molecule has 0 amide bonds. The molecule has 0 bridgehead atoms. The zero-order valence-electron chi connectivity index (χ0n) is 10.8. The molecular weight excluding hydrogens is 231 g/mol. The molecule has 1 aromatic carbocycles. The number of hydrogen-bond acceptors (Lipinski definition) is 3. The summed E-state index contributed by atoms with van der Waals surface area (Å²) in [5.74, 6) is -0.121. The minimum absolute atomic E-state index is 0.121. The maximum Gasteiger partial charge on any atom is 0.127 e. The van der Waals surface area contributed by atoms with Crippen LogP contribution >= 0.6 is 0 Å². The van der Waals surface area contributed by atoms with Gasteiger partial charge >= 0.3 is 0 Å². The van der Waals surface area contributed by atoms with Crippen LogP contribution in [0.5, 0.6) is 0 Å². The number of hydrogen-bond donors (Lipinski definition) is 1. The summed E-state index contributed by atoms with van der Waals surface area (Å²) in [4.78, 5) is 4.51. The Kier molecular flexibility index (Phi) is 4.69. The molecule has 3 nitrogen and oxygen atoms in total. The van der Waals surface area contributed by atoms with E-state index in [4.69, 9.17) is 0 Å². The summed E-state index contributed by atoms with van der Waals surface area (Å²) < 4.78 is 13.5. The molecule has 1 N–H and O–H groups in total. The van der Waals surface area contributed by atoms with Gasteiger partial charge in [-0.05, 0) is 13.0 Å². The molecule has 1 aliphatic rings. The molecule has 0 saturated carbocycles. The molecule has 1 atom stereocenters. The van der Waals surface area contributed by atoms with Crippen molar-refractivity contribution in [1.82, 2.24) is 9.80 Å². The third-order valence-corrected chi connectivity index (χ3v) is 3.34. The van der Waals surface area contributed by atoms with Gasteiger partial charge in [0.15, 0.2) is 0 Å². The number of piperazine rings is 1. The van der Waals surface area contributed by atoms with Crippen LogP contribution in [0.4, 0.5) is 4.39 Å². The summed E-state index contributed by atoms with van der Waals surface area (Å²) in [7, 11) is 0. The summed E-state index contributed by atoms with van der Waals surface area (Å²) in [6, 6.07) is 6.96. The number of rotatable bonds is 4. The standard InChI is InChI=1S/C14H21FN2O/c1-12(18)10-16-6-8-17(9-7-16)11-13-4-2-3-5-14(13)15/h2-5,12,18H,6-11H2,1H3. The highest BCUT2D eigenvalue weighted by molar-refractivity contribution is 5.17. The molecule has 18 heavy (non-hydrogen) atoms. The van der Waals surface area contributed by atoms with Crippen LogP contribution in [0.1, 0.15) is 12.5 Å². The molecular formula is C14H21FN2O. The highest BCUT2D eigenvalue weighted by Crippen LogP contribution is 2.12. The van der Waals surface area contributed by atoms with E-state index >= 15 is 0 Å². The fraction of sp³-hybridized carbons (Fsp3) is 0.571. The van der Waals surface area contributed by atoms with E-state index in [-0.39, 0.29) is 11.9 Å². The fourth-order valence-corrected chi connectivity index (χ4v) is 2.37. The van der Waals surface area contributed by atoms with E-state index in [9.17, 15) is 9.50 Å². The third-order valence-electron chi connectivity index (χ3n) is 3.34. The van der Waals surface area contributed by atoms with Crippen molar-refractivity contribution in [1.29, 1.82) is 0 Å². The summed E-state index contributed by atoms with van der Waals surface area (Å²) in [5, 5.41) is 9.34. The van der Waals surface area contributed by atoms with Crippen LogP contribution in [0.2, 0.25) is 0 Å². The molecule has 0 spiro atoms. The molecule has 1 heterocycles. The highest BCUT2D eigenvalue weighted by Gasteiger charge is 2.18. The first kappa shape index (κ1) is 13.5. The van der Waals surface area contributed by atoms with Crippen molar-refractivity contribution in [3.05, 3.63) is 35.6 Å². The van der Waals surface area contributed by atoms with Crippen LogP contribution in [-0.2, 0) is 6.54 Å². The first-order chi connectivity index (χ1) is 8.65. The van der Waals surface area contributed by atoms with Crippen molar-refractivity contribution >= 4 is 0 Å². The number of aliphatic hydroxyl groups is 1. The number of nitrogens with zero attached hydrogens (tertiary/aromatic N) is 2. The van der Waals surface area contributed by atoms with E-state index in [1.54, 1.807) is 6.07 Å². The molecule has 100 valence electrons. The van der Waals surface area contributed by atoms with Crippen molar-refractivity contribution in [2.45, 2.75) is 19.6 Å². The predicted molar refractivity (Wildman–Crippen MR) is 69.8 cm³/mol. The Hall–Kier alpha value is -0.970. The Bertz CT molecular complexity index is 376. The lowest BCUT2D eigenvalue weighted by Gasteiger charge is -2.35. The second-order valence-corrected chi connectivity index (χ2v) is 5.02. The van der Waals surface area contributed by atoms with Crippen molar-refractivity contribution < 1.29 is 9.50 Å². The molecule has 1 fully saturated rings. The Morgan fingerprint density at radius 1 is 1.17 bits per heavy atom. The minimum atomic E-state index is -0.275. The van der Waals surface area contributed by atoms with Crippen molar-refractivity contribution in [2.75, 3.05) is 32.7 Å². The smallest absolute Gasteiger partial charge is 0.127 e. The van der Waals surface area contributed by atoms with E-state index in [0.29, 0.717) is 6.54 Å². The lowest BCUT2D eigenvalue weighted by atomic mass is 10.2. The van der Waals surface area contributed by atoms with Crippen molar-refractivity contribution in [2.24, 2.45) is 0 Å². The van der Waals surface area contributed by atoms with E-state index in [2.05, 4.69) is 9.80 Å². The zero-order valence-corrected chi connectivity index (χ0v) is 10.8. The number of β-amino-alcohol motifs (C(OH)–C–C–N with tert-alkyl or cyclic N) is 1. The molecule has 1 saturated heterocycles. The van der Waals surface area contributed by atoms with Crippen LogP contribution < -0.4 is 0 Å². The van der Waals surface area contributed by atoms with Gasteiger partial charge in [-0.2, -0.15) is 0 Å².